The van der Waals surface area contributed by atoms with E-state index in [0.717, 1.165) is 55.5 Å². The number of nitrogens with one attached hydrogen (secondary N) is 1. The van der Waals surface area contributed by atoms with Crippen molar-refractivity contribution in [1.82, 2.24) is 24.6 Å². The highest BCUT2D eigenvalue weighted by Crippen LogP contribution is 2.24. The first-order chi connectivity index (χ1) is 13.6. The molecule has 3 aromatic rings. The summed E-state index contributed by atoms with van der Waals surface area (Å²) >= 11 is 0. The van der Waals surface area contributed by atoms with Crippen molar-refractivity contribution in [2.75, 3.05) is 49.5 Å². The minimum Gasteiger partial charge on any atom is -0.395 e. The fourth-order valence-corrected chi connectivity index (χ4v) is 3.61. The highest BCUT2D eigenvalue weighted by atomic mass is 16.3. The van der Waals surface area contributed by atoms with E-state index in [1.54, 1.807) is 4.68 Å². The molecule has 0 aliphatic carbocycles. The number of hydrogen-bond acceptors (Lipinski definition) is 7. The van der Waals surface area contributed by atoms with E-state index in [2.05, 4.69) is 51.4 Å². The van der Waals surface area contributed by atoms with Crippen LogP contribution in [0.5, 0.6) is 0 Å². The topological polar surface area (TPSA) is 82.3 Å². The maximum Gasteiger partial charge on any atom is 0.229 e. The predicted octanol–water partition coefficient (Wildman–Crippen LogP) is 1.40. The predicted molar refractivity (Wildman–Crippen MR) is 111 cm³/mol. The van der Waals surface area contributed by atoms with Crippen LogP contribution in [0.2, 0.25) is 0 Å². The molecule has 8 heteroatoms. The van der Waals surface area contributed by atoms with E-state index >= 15 is 0 Å². The van der Waals surface area contributed by atoms with Crippen LogP contribution >= 0.6 is 0 Å². The Labute approximate surface area is 164 Å². The highest BCUT2D eigenvalue weighted by molar-refractivity contribution is 5.87. The number of aromatic nitrogens is 4. The summed E-state index contributed by atoms with van der Waals surface area (Å²) in [4.78, 5) is 14.1. The number of piperazine rings is 1. The summed E-state index contributed by atoms with van der Waals surface area (Å²) < 4.78 is 1.79. The van der Waals surface area contributed by atoms with E-state index in [9.17, 15) is 0 Å². The molecular weight excluding hydrogens is 354 g/mol. The molecule has 0 atom stereocenters. The molecule has 0 saturated carbocycles. The summed E-state index contributed by atoms with van der Waals surface area (Å²) in [6.45, 7) is 7.22. The third-order valence-electron chi connectivity index (χ3n) is 5.19. The molecule has 0 radical (unpaired) electrons. The molecule has 8 nitrogen and oxygen atoms in total. The molecule has 4 rings (SSSR count). The lowest BCUT2D eigenvalue weighted by Gasteiger charge is -2.34. The van der Waals surface area contributed by atoms with E-state index in [0.29, 0.717) is 6.54 Å². The summed E-state index contributed by atoms with van der Waals surface area (Å²) in [6.07, 6.45) is 1.82. The number of benzene rings is 1. The lowest BCUT2D eigenvalue weighted by Crippen LogP contribution is -2.47. The number of aliphatic hydroxyl groups excluding tert-OH is 1. The second-order valence-electron chi connectivity index (χ2n) is 7.27. The molecule has 2 aromatic heterocycles. The van der Waals surface area contributed by atoms with Crippen molar-refractivity contribution in [3.8, 4) is 0 Å². The quantitative estimate of drug-likeness (QED) is 0.668. The Kier molecular flexibility index (Phi) is 5.40. The van der Waals surface area contributed by atoms with Gasteiger partial charge in [0.15, 0.2) is 5.65 Å². The average molecular weight is 381 g/mol. The van der Waals surface area contributed by atoms with Crippen molar-refractivity contribution >= 4 is 22.8 Å². The van der Waals surface area contributed by atoms with Gasteiger partial charge in [0.05, 0.1) is 18.2 Å². The first kappa shape index (κ1) is 18.6. The van der Waals surface area contributed by atoms with Crippen LogP contribution in [0.1, 0.15) is 11.1 Å². The van der Waals surface area contributed by atoms with Crippen LogP contribution in [-0.4, -0.2) is 69.1 Å². The van der Waals surface area contributed by atoms with E-state index in [4.69, 9.17) is 15.1 Å². The number of hydrogen-bond donors (Lipinski definition) is 2. The molecule has 1 aromatic carbocycles. The van der Waals surface area contributed by atoms with Gasteiger partial charge in [-0.05, 0) is 12.5 Å². The zero-order valence-corrected chi connectivity index (χ0v) is 16.5. The molecule has 2 N–H and O–H groups in total. The minimum absolute atomic E-state index is 0.199. The van der Waals surface area contributed by atoms with Crippen LogP contribution in [0.25, 0.3) is 11.0 Å². The second kappa shape index (κ2) is 8.12. The first-order valence-electron chi connectivity index (χ1n) is 9.71. The van der Waals surface area contributed by atoms with Gasteiger partial charge in [0, 0.05) is 46.3 Å². The van der Waals surface area contributed by atoms with Crippen molar-refractivity contribution in [2.45, 2.75) is 13.5 Å². The zero-order valence-electron chi connectivity index (χ0n) is 16.5. The first-order valence-corrected chi connectivity index (χ1v) is 9.71. The summed E-state index contributed by atoms with van der Waals surface area (Å²) in [5, 5.41) is 17.9. The number of aryl methyl sites for hydroxylation is 2. The van der Waals surface area contributed by atoms with Crippen LogP contribution < -0.4 is 10.2 Å². The van der Waals surface area contributed by atoms with Gasteiger partial charge in [-0.25, -0.2) is 0 Å². The molecule has 0 amide bonds. The molecule has 0 bridgehead atoms. The normalized spacial score (nSPS) is 15.3. The molecule has 1 aliphatic rings. The van der Waals surface area contributed by atoms with Gasteiger partial charge in [-0.3, -0.25) is 9.58 Å². The zero-order chi connectivity index (χ0) is 19.5. The van der Waals surface area contributed by atoms with Crippen molar-refractivity contribution in [3.05, 3.63) is 41.6 Å². The van der Waals surface area contributed by atoms with Crippen molar-refractivity contribution < 1.29 is 5.11 Å². The van der Waals surface area contributed by atoms with Gasteiger partial charge in [0.1, 0.15) is 5.82 Å². The Bertz CT molecular complexity index is 947. The Morgan fingerprint density at radius 2 is 1.96 bits per heavy atom. The van der Waals surface area contributed by atoms with Gasteiger partial charge in [0.2, 0.25) is 5.95 Å². The van der Waals surface area contributed by atoms with E-state index in [1.807, 2.05) is 13.2 Å². The van der Waals surface area contributed by atoms with Crippen molar-refractivity contribution in [1.29, 1.82) is 0 Å². The Hall–Kier alpha value is -2.71. The molecule has 0 spiro atoms. The van der Waals surface area contributed by atoms with Gasteiger partial charge >= 0.3 is 0 Å². The van der Waals surface area contributed by atoms with Crippen LogP contribution in [0, 0.1) is 6.92 Å². The van der Waals surface area contributed by atoms with Gasteiger partial charge in [0.25, 0.3) is 0 Å². The molecule has 148 valence electrons. The number of aliphatic hydroxyl groups is 1. The molecule has 1 aliphatic heterocycles. The monoisotopic (exact) mass is 381 g/mol. The SMILES string of the molecule is Cc1cccc(CNc2nc(N3CCN(CCO)CC3)nc3c2cnn3C)c1. The summed E-state index contributed by atoms with van der Waals surface area (Å²) in [6, 6.07) is 8.46. The van der Waals surface area contributed by atoms with E-state index < -0.39 is 0 Å². The molecule has 0 unspecified atom stereocenters. The summed E-state index contributed by atoms with van der Waals surface area (Å²) in [7, 11) is 1.91. The fourth-order valence-electron chi connectivity index (χ4n) is 3.61. The third kappa shape index (κ3) is 3.93. The van der Waals surface area contributed by atoms with Crippen molar-refractivity contribution in [3.63, 3.8) is 0 Å². The van der Waals surface area contributed by atoms with Gasteiger partial charge in [-0.15, -0.1) is 0 Å². The lowest BCUT2D eigenvalue weighted by molar-refractivity contribution is 0.188. The maximum absolute atomic E-state index is 9.14. The van der Waals surface area contributed by atoms with Gasteiger partial charge < -0.3 is 15.3 Å². The van der Waals surface area contributed by atoms with Crippen molar-refractivity contribution in [2.24, 2.45) is 7.05 Å². The average Bonchev–Trinajstić information content (AvgIpc) is 3.08. The Balaban J connectivity index is 1.57. The van der Waals surface area contributed by atoms with Crippen LogP contribution in [0.4, 0.5) is 11.8 Å². The minimum atomic E-state index is 0.199. The lowest BCUT2D eigenvalue weighted by atomic mass is 10.1. The van der Waals surface area contributed by atoms with Gasteiger partial charge in [-0.1, -0.05) is 29.8 Å². The number of β-amino-alcohol motifs (C(OH)–C–C–N with tert-alkyl or cyclic N) is 1. The second-order valence-corrected chi connectivity index (χ2v) is 7.27. The van der Waals surface area contributed by atoms with E-state index in [1.165, 1.54) is 11.1 Å². The number of fused-ring (bicyclic) bond motifs is 1. The maximum atomic E-state index is 9.14. The van der Waals surface area contributed by atoms with Crippen LogP contribution in [0.3, 0.4) is 0 Å². The Morgan fingerprint density at radius 3 is 2.71 bits per heavy atom. The fraction of sp³-hybridized carbons (Fsp3) is 0.450. The smallest absolute Gasteiger partial charge is 0.229 e. The number of anilines is 2. The van der Waals surface area contributed by atoms with Crippen LogP contribution in [0.15, 0.2) is 30.5 Å². The number of rotatable bonds is 6. The van der Waals surface area contributed by atoms with E-state index in [-0.39, 0.29) is 6.61 Å². The number of nitrogens with zero attached hydrogens (tertiary/aromatic N) is 6. The summed E-state index contributed by atoms with van der Waals surface area (Å²) in [5.41, 5.74) is 3.29. The molecular formula is C20H27N7O. The Morgan fingerprint density at radius 1 is 1.14 bits per heavy atom. The van der Waals surface area contributed by atoms with Gasteiger partial charge in [-0.2, -0.15) is 15.1 Å². The third-order valence-corrected chi connectivity index (χ3v) is 5.19. The summed E-state index contributed by atoms with van der Waals surface area (Å²) in [5.74, 6) is 1.54. The molecule has 1 fully saturated rings. The standard InChI is InChI=1S/C20H27N7O/c1-15-4-3-5-16(12-15)13-21-18-17-14-22-25(2)19(17)24-20(23-18)27-8-6-26(7-9-27)10-11-28/h3-5,12,14,28H,6-11,13H2,1-2H3,(H,21,23,24). The largest absolute Gasteiger partial charge is 0.395 e. The molecule has 3 heterocycles. The van der Waals surface area contributed by atoms with Crippen LogP contribution in [-0.2, 0) is 13.6 Å². The highest BCUT2D eigenvalue weighted by Gasteiger charge is 2.21. The molecule has 28 heavy (non-hydrogen) atoms. The molecule has 1 saturated heterocycles.